The fraction of sp³-hybridized carbons (Fsp3) is 0.545. The Labute approximate surface area is 109 Å². The van der Waals surface area contributed by atoms with Gasteiger partial charge in [-0.15, -0.1) is 11.3 Å². The van der Waals surface area contributed by atoms with E-state index in [1.165, 1.54) is 4.90 Å². The van der Waals surface area contributed by atoms with Crippen molar-refractivity contribution in [2.24, 2.45) is 0 Å². The fourth-order valence-electron chi connectivity index (χ4n) is 1.59. The molecule has 0 spiro atoms. The third-order valence-electron chi connectivity index (χ3n) is 2.69. The van der Waals surface area contributed by atoms with Crippen molar-refractivity contribution in [3.63, 3.8) is 0 Å². The van der Waals surface area contributed by atoms with E-state index in [0.717, 1.165) is 15.6 Å². The number of nitrogens with one attached hydrogen (secondary N) is 1. The molecule has 1 aliphatic heterocycles. The summed E-state index contributed by atoms with van der Waals surface area (Å²) in [5, 5.41) is 3.62. The molecule has 1 saturated heterocycles. The Hall–Kier alpha value is -1.63. The SMILES string of the molecule is Cc1nc(CNC(=O)CN2CCOC2=O)sc1C. The van der Waals surface area contributed by atoms with Crippen molar-refractivity contribution in [3.05, 3.63) is 15.6 Å². The van der Waals surface area contributed by atoms with E-state index in [-0.39, 0.29) is 12.5 Å². The number of thiazole rings is 1. The number of ether oxygens (including phenoxy) is 1. The normalized spacial score (nSPS) is 14.8. The third kappa shape index (κ3) is 2.98. The molecule has 98 valence electrons. The Kier molecular flexibility index (Phi) is 3.81. The van der Waals surface area contributed by atoms with Crippen LogP contribution < -0.4 is 5.32 Å². The highest BCUT2D eigenvalue weighted by Crippen LogP contribution is 2.15. The van der Waals surface area contributed by atoms with Crippen molar-refractivity contribution in [1.82, 2.24) is 15.2 Å². The molecule has 1 aromatic rings. The minimum Gasteiger partial charge on any atom is -0.448 e. The first-order valence-corrected chi connectivity index (χ1v) is 6.49. The maximum atomic E-state index is 11.6. The van der Waals surface area contributed by atoms with Gasteiger partial charge in [0.05, 0.1) is 18.8 Å². The summed E-state index contributed by atoms with van der Waals surface area (Å²) in [6.07, 6.45) is -0.425. The smallest absolute Gasteiger partial charge is 0.410 e. The van der Waals surface area contributed by atoms with Gasteiger partial charge in [0, 0.05) is 4.88 Å². The van der Waals surface area contributed by atoms with Crippen molar-refractivity contribution in [2.45, 2.75) is 20.4 Å². The zero-order valence-electron chi connectivity index (χ0n) is 10.4. The maximum Gasteiger partial charge on any atom is 0.410 e. The molecular weight excluding hydrogens is 254 g/mol. The van der Waals surface area contributed by atoms with Gasteiger partial charge in [-0.3, -0.25) is 9.69 Å². The number of aryl methyl sites for hydroxylation is 2. The maximum absolute atomic E-state index is 11.6. The van der Waals surface area contributed by atoms with E-state index in [2.05, 4.69) is 10.3 Å². The number of hydrogen-bond donors (Lipinski definition) is 1. The lowest BCUT2D eigenvalue weighted by Gasteiger charge is -2.11. The van der Waals surface area contributed by atoms with Crippen LogP contribution in [-0.2, 0) is 16.1 Å². The zero-order chi connectivity index (χ0) is 13.1. The molecule has 1 fully saturated rings. The van der Waals surface area contributed by atoms with Gasteiger partial charge in [0.15, 0.2) is 0 Å². The number of nitrogens with zero attached hydrogens (tertiary/aromatic N) is 2. The molecule has 1 N–H and O–H groups in total. The molecule has 0 bridgehead atoms. The van der Waals surface area contributed by atoms with Crippen LogP contribution in [0.15, 0.2) is 0 Å². The first-order chi connectivity index (χ1) is 8.56. The van der Waals surface area contributed by atoms with Crippen molar-refractivity contribution in [1.29, 1.82) is 0 Å². The first kappa shape index (κ1) is 12.8. The molecule has 6 nitrogen and oxygen atoms in total. The van der Waals surface area contributed by atoms with Crippen LogP contribution in [0.25, 0.3) is 0 Å². The molecule has 2 rings (SSSR count). The van der Waals surface area contributed by atoms with Crippen molar-refractivity contribution in [2.75, 3.05) is 19.7 Å². The molecular formula is C11H15N3O3S. The standard InChI is InChI=1S/C11H15N3O3S/c1-7-8(2)18-10(13-7)5-12-9(15)6-14-3-4-17-11(14)16/h3-6H2,1-2H3,(H,12,15). The van der Waals surface area contributed by atoms with E-state index < -0.39 is 6.09 Å². The Balaban J connectivity index is 1.79. The summed E-state index contributed by atoms with van der Waals surface area (Å²) >= 11 is 1.57. The summed E-state index contributed by atoms with van der Waals surface area (Å²) in [6.45, 7) is 5.22. The lowest BCUT2D eigenvalue weighted by Crippen LogP contribution is -2.37. The van der Waals surface area contributed by atoms with Crippen LogP contribution in [0.3, 0.4) is 0 Å². The van der Waals surface area contributed by atoms with Gasteiger partial charge in [0.1, 0.15) is 18.2 Å². The van der Waals surface area contributed by atoms with E-state index in [0.29, 0.717) is 19.7 Å². The molecule has 18 heavy (non-hydrogen) atoms. The minimum absolute atomic E-state index is 0.0438. The van der Waals surface area contributed by atoms with Gasteiger partial charge >= 0.3 is 6.09 Å². The Morgan fingerprint density at radius 3 is 2.89 bits per heavy atom. The molecule has 0 aliphatic carbocycles. The van der Waals surface area contributed by atoms with Gasteiger partial charge in [-0.25, -0.2) is 9.78 Å². The van der Waals surface area contributed by atoms with E-state index >= 15 is 0 Å². The quantitative estimate of drug-likeness (QED) is 0.878. The van der Waals surface area contributed by atoms with Gasteiger partial charge in [0.25, 0.3) is 0 Å². The first-order valence-electron chi connectivity index (χ1n) is 5.67. The highest BCUT2D eigenvalue weighted by Gasteiger charge is 2.23. The molecule has 2 amide bonds. The average Bonchev–Trinajstić information content (AvgIpc) is 2.85. The summed E-state index contributed by atoms with van der Waals surface area (Å²) in [4.78, 5) is 29.6. The number of aromatic nitrogens is 1. The highest BCUT2D eigenvalue weighted by atomic mass is 32.1. The molecule has 0 unspecified atom stereocenters. The second kappa shape index (κ2) is 5.34. The minimum atomic E-state index is -0.425. The van der Waals surface area contributed by atoms with Gasteiger partial charge in [0.2, 0.25) is 5.91 Å². The van der Waals surface area contributed by atoms with E-state index in [9.17, 15) is 9.59 Å². The van der Waals surface area contributed by atoms with Crippen LogP contribution in [0.4, 0.5) is 4.79 Å². The molecule has 7 heteroatoms. The lowest BCUT2D eigenvalue weighted by atomic mass is 10.4. The lowest BCUT2D eigenvalue weighted by molar-refractivity contribution is -0.121. The largest absolute Gasteiger partial charge is 0.448 e. The average molecular weight is 269 g/mol. The third-order valence-corrected chi connectivity index (χ3v) is 3.76. The van der Waals surface area contributed by atoms with Crippen LogP contribution in [0, 0.1) is 13.8 Å². The Bertz CT molecular complexity index is 453. The topological polar surface area (TPSA) is 71.5 Å². The summed E-state index contributed by atoms with van der Waals surface area (Å²) < 4.78 is 4.74. The summed E-state index contributed by atoms with van der Waals surface area (Å²) in [6, 6.07) is 0. The highest BCUT2D eigenvalue weighted by molar-refractivity contribution is 7.11. The van der Waals surface area contributed by atoms with Crippen molar-refractivity contribution < 1.29 is 14.3 Å². The molecule has 1 aliphatic rings. The molecule has 0 radical (unpaired) electrons. The van der Waals surface area contributed by atoms with Crippen LogP contribution in [0.5, 0.6) is 0 Å². The van der Waals surface area contributed by atoms with Crippen LogP contribution in [-0.4, -0.2) is 41.6 Å². The van der Waals surface area contributed by atoms with E-state index in [1.807, 2.05) is 13.8 Å². The monoisotopic (exact) mass is 269 g/mol. The second-order valence-electron chi connectivity index (χ2n) is 4.06. The van der Waals surface area contributed by atoms with E-state index in [1.54, 1.807) is 11.3 Å². The number of amides is 2. The number of hydrogen-bond acceptors (Lipinski definition) is 5. The van der Waals surface area contributed by atoms with Crippen molar-refractivity contribution in [3.8, 4) is 0 Å². The van der Waals surface area contributed by atoms with Gasteiger partial charge in [-0.05, 0) is 13.8 Å². The van der Waals surface area contributed by atoms with Crippen LogP contribution in [0.1, 0.15) is 15.6 Å². The Morgan fingerprint density at radius 2 is 2.33 bits per heavy atom. The number of carbonyl (C=O) groups excluding carboxylic acids is 2. The zero-order valence-corrected chi connectivity index (χ0v) is 11.2. The molecule has 0 saturated carbocycles. The molecule has 1 aromatic heterocycles. The van der Waals surface area contributed by atoms with Gasteiger partial charge in [-0.1, -0.05) is 0 Å². The van der Waals surface area contributed by atoms with Gasteiger partial charge < -0.3 is 10.1 Å². The summed E-state index contributed by atoms with van der Waals surface area (Å²) in [5.41, 5.74) is 0.993. The molecule has 0 aromatic carbocycles. The van der Waals surface area contributed by atoms with Crippen molar-refractivity contribution >= 4 is 23.3 Å². The summed E-state index contributed by atoms with van der Waals surface area (Å²) in [5.74, 6) is -0.195. The number of carbonyl (C=O) groups is 2. The van der Waals surface area contributed by atoms with Crippen LogP contribution in [0.2, 0.25) is 0 Å². The molecule has 2 heterocycles. The molecule has 0 atom stereocenters. The van der Waals surface area contributed by atoms with Crippen LogP contribution >= 0.6 is 11.3 Å². The van der Waals surface area contributed by atoms with E-state index in [4.69, 9.17) is 4.74 Å². The Morgan fingerprint density at radius 1 is 1.56 bits per heavy atom. The number of rotatable bonds is 4. The fourth-order valence-corrected chi connectivity index (χ4v) is 2.46. The second-order valence-corrected chi connectivity index (χ2v) is 5.35. The number of cyclic esters (lactones) is 1. The van der Waals surface area contributed by atoms with Gasteiger partial charge in [-0.2, -0.15) is 0 Å². The summed E-state index contributed by atoms with van der Waals surface area (Å²) in [7, 11) is 0. The predicted molar refractivity (Wildman–Crippen MR) is 66.4 cm³/mol. The predicted octanol–water partition coefficient (Wildman–Crippen LogP) is 0.828.